The number of sulfonamides is 1. The van der Waals surface area contributed by atoms with Gasteiger partial charge in [0.05, 0.1) is 6.20 Å². The summed E-state index contributed by atoms with van der Waals surface area (Å²) in [5.41, 5.74) is 6.03. The fourth-order valence-corrected chi connectivity index (χ4v) is 4.16. The first-order valence-electron chi connectivity index (χ1n) is 5.68. The summed E-state index contributed by atoms with van der Waals surface area (Å²) in [7, 11) is -1.95. The monoisotopic (exact) mass is 292 g/mol. The predicted molar refractivity (Wildman–Crippen MR) is 73.9 cm³/mol. The van der Waals surface area contributed by atoms with E-state index in [-0.39, 0.29) is 17.6 Å². The molecule has 1 heterocycles. The first kappa shape index (κ1) is 15.5. The lowest BCUT2D eigenvalue weighted by atomic mass is 10.3. The van der Waals surface area contributed by atoms with Crippen LogP contribution in [0.25, 0.3) is 0 Å². The summed E-state index contributed by atoms with van der Waals surface area (Å²) >= 11 is 1.63. The number of H-pyrrole nitrogens is 1. The fourth-order valence-electron chi connectivity index (χ4n) is 1.68. The molecule has 1 aromatic heterocycles. The number of hydrogen-bond acceptors (Lipinski definition) is 5. The SMILES string of the molecule is CCC(CSC)N(C)S(=O)(=O)c1[nH]ncc1CN. The van der Waals surface area contributed by atoms with Crippen LogP contribution in [0.15, 0.2) is 11.2 Å². The van der Waals surface area contributed by atoms with Gasteiger partial charge in [-0.3, -0.25) is 5.10 Å². The number of nitrogens with one attached hydrogen (secondary N) is 1. The molecule has 1 atom stereocenters. The molecule has 0 fully saturated rings. The minimum Gasteiger partial charge on any atom is -0.326 e. The van der Waals surface area contributed by atoms with Crippen LogP contribution in [0.4, 0.5) is 0 Å². The molecular weight excluding hydrogens is 272 g/mol. The van der Waals surface area contributed by atoms with E-state index in [1.54, 1.807) is 18.8 Å². The average molecular weight is 292 g/mol. The molecule has 0 aliphatic heterocycles. The zero-order chi connectivity index (χ0) is 13.8. The number of aromatic amines is 1. The topological polar surface area (TPSA) is 92.1 Å². The highest BCUT2D eigenvalue weighted by atomic mass is 32.2. The van der Waals surface area contributed by atoms with E-state index < -0.39 is 10.0 Å². The molecule has 0 radical (unpaired) electrons. The van der Waals surface area contributed by atoms with Crippen LogP contribution in [0.5, 0.6) is 0 Å². The molecule has 0 amide bonds. The highest BCUT2D eigenvalue weighted by Gasteiger charge is 2.29. The van der Waals surface area contributed by atoms with Gasteiger partial charge in [0.2, 0.25) is 0 Å². The molecule has 3 N–H and O–H groups in total. The van der Waals surface area contributed by atoms with Crippen LogP contribution in [-0.4, -0.2) is 48.0 Å². The van der Waals surface area contributed by atoms with Gasteiger partial charge < -0.3 is 5.73 Å². The normalized spacial score (nSPS) is 14.1. The van der Waals surface area contributed by atoms with Gasteiger partial charge >= 0.3 is 0 Å². The number of rotatable bonds is 7. The Kier molecular flexibility index (Phi) is 5.64. The summed E-state index contributed by atoms with van der Waals surface area (Å²) in [6, 6.07) is -0.0288. The maximum atomic E-state index is 12.4. The van der Waals surface area contributed by atoms with E-state index in [1.807, 2.05) is 13.2 Å². The van der Waals surface area contributed by atoms with Crippen molar-refractivity contribution in [2.75, 3.05) is 19.1 Å². The molecule has 0 bridgehead atoms. The molecule has 0 aliphatic carbocycles. The first-order chi connectivity index (χ1) is 8.48. The molecule has 0 aliphatic rings. The Labute approximate surface area is 112 Å². The molecule has 0 spiro atoms. The number of nitrogens with two attached hydrogens (primary N) is 1. The Hall–Kier alpha value is -0.570. The van der Waals surface area contributed by atoms with Crippen LogP contribution in [-0.2, 0) is 16.6 Å². The third kappa shape index (κ3) is 3.05. The van der Waals surface area contributed by atoms with Crippen molar-refractivity contribution in [3.63, 3.8) is 0 Å². The summed E-state index contributed by atoms with van der Waals surface area (Å²) in [6.45, 7) is 2.13. The van der Waals surface area contributed by atoms with Crippen LogP contribution >= 0.6 is 11.8 Å². The number of nitrogens with zero attached hydrogens (tertiary/aromatic N) is 2. The van der Waals surface area contributed by atoms with Crippen LogP contribution in [0.1, 0.15) is 18.9 Å². The molecule has 6 nitrogen and oxygen atoms in total. The van der Waals surface area contributed by atoms with Crippen molar-refractivity contribution in [2.24, 2.45) is 5.73 Å². The molecule has 0 saturated heterocycles. The Morgan fingerprint density at radius 1 is 1.61 bits per heavy atom. The smallest absolute Gasteiger partial charge is 0.260 e. The van der Waals surface area contributed by atoms with Gasteiger partial charge in [0.1, 0.15) is 0 Å². The zero-order valence-electron chi connectivity index (χ0n) is 10.9. The van der Waals surface area contributed by atoms with Crippen molar-refractivity contribution < 1.29 is 8.42 Å². The molecule has 8 heteroatoms. The predicted octanol–water partition coefficient (Wildman–Crippen LogP) is 0.630. The van der Waals surface area contributed by atoms with Crippen molar-refractivity contribution in [1.82, 2.24) is 14.5 Å². The minimum atomic E-state index is -3.55. The van der Waals surface area contributed by atoms with Crippen molar-refractivity contribution in [3.8, 4) is 0 Å². The molecule has 104 valence electrons. The number of aromatic nitrogens is 2. The van der Waals surface area contributed by atoms with Crippen molar-refractivity contribution in [1.29, 1.82) is 0 Å². The first-order valence-corrected chi connectivity index (χ1v) is 8.51. The molecule has 1 rings (SSSR count). The third-order valence-corrected chi connectivity index (χ3v) is 5.52. The maximum Gasteiger partial charge on any atom is 0.260 e. The Morgan fingerprint density at radius 3 is 2.78 bits per heavy atom. The van der Waals surface area contributed by atoms with Gasteiger partial charge in [-0.15, -0.1) is 0 Å². The highest BCUT2D eigenvalue weighted by molar-refractivity contribution is 7.98. The molecule has 0 aromatic carbocycles. The zero-order valence-corrected chi connectivity index (χ0v) is 12.5. The van der Waals surface area contributed by atoms with E-state index in [0.717, 1.165) is 12.2 Å². The lowest BCUT2D eigenvalue weighted by molar-refractivity contribution is 0.383. The van der Waals surface area contributed by atoms with Gasteiger partial charge in [-0.1, -0.05) is 6.92 Å². The van der Waals surface area contributed by atoms with E-state index in [1.165, 1.54) is 10.5 Å². The van der Waals surface area contributed by atoms with Crippen LogP contribution < -0.4 is 5.73 Å². The molecule has 0 saturated carbocycles. The van der Waals surface area contributed by atoms with Crippen molar-refractivity contribution in [2.45, 2.75) is 31.0 Å². The number of thioether (sulfide) groups is 1. The fraction of sp³-hybridized carbons (Fsp3) is 0.700. The van der Waals surface area contributed by atoms with E-state index >= 15 is 0 Å². The largest absolute Gasteiger partial charge is 0.326 e. The molecule has 18 heavy (non-hydrogen) atoms. The van der Waals surface area contributed by atoms with Crippen molar-refractivity contribution >= 4 is 21.8 Å². The second kappa shape index (κ2) is 6.55. The molecule has 1 aromatic rings. The van der Waals surface area contributed by atoms with Gasteiger partial charge in [-0.2, -0.15) is 21.2 Å². The summed E-state index contributed by atoms with van der Waals surface area (Å²) < 4.78 is 26.3. The quantitative estimate of drug-likeness (QED) is 0.769. The van der Waals surface area contributed by atoms with Gasteiger partial charge in [0.25, 0.3) is 10.0 Å². The molecule has 1 unspecified atom stereocenters. The third-order valence-electron chi connectivity index (χ3n) is 2.88. The van der Waals surface area contributed by atoms with Gasteiger partial charge in [0, 0.05) is 31.0 Å². The van der Waals surface area contributed by atoms with Crippen LogP contribution in [0, 0.1) is 0 Å². The summed E-state index contributed by atoms with van der Waals surface area (Å²) in [5.74, 6) is 0.762. The van der Waals surface area contributed by atoms with Gasteiger partial charge in [0.15, 0.2) is 5.03 Å². The minimum absolute atomic E-state index is 0.0288. The lowest BCUT2D eigenvalue weighted by Crippen LogP contribution is -2.38. The second-order valence-electron chi connectivity index (χ2n) is 3.97. The van der Waals surface area contributed by atoms with E-state index in [0.29, 0.717) is 5.56 Å². The van der Waals surface area contributed by atoms with E-state index in [9.17, 15) is 8.42 Å². The summed E-state index contributed by atoms with van der Waals surface area (Å²) in [4.78, 5) is 0. The maximum absolute atomic E-state index is 12.4. The Bertz CT molecular complexity index is 472. The summed E-state index contributed by atoms with van der Waals surface area (Å²) in [5, 5.41) is 6.39. The Morgan fingerprint density at radius 2 is 2.28 bits per heavy atom. The highest BCUT2D eigenvalue weighted by Crippen LogP contribution is 2.20. The van der Waals surface area contributed by atoms with Gasteiger partial charge in [-0.05, 0) is 12.7 Å². The molecular formula is C10H20N4O2S2. The van der Waals surface area contributed by atoms with E-state index in [2.05, 4.69) is 10.2 Å². The second-order valence-corrected chi connectivity index (χ2v) is 6.81. The lowest BCUT2D eigenvalue weighted by Gasteiger charge is -2.25. The van der Waals surface area contributed by atoms with E-state index in [4.69, 9.17) is 5.73 Å². The standard InChI is InChI=1S/C10H20N4O2S2/c1-4-9(7-17-3)14(2)18(15,16)10-8(5-11)6-12-13-10/h6,9H,4-5,7,11H2,1-3H3,(H,12,13). The Balaban J connectivity index is 3.06. The summed E-state index contributed by atoms with van der Waals surface area (Å²) in [6.07, 6.45) is 4.18. The number of hydrogen-bond donors (Lipinski definition) is 2. The average Bonchev–Trinajstić information content (AvgIpc) is 2.84. The van der Waals surface area contributed by atoms with Crippen LogP contribution in [0.3, 0.4) is 0 Å². The van der Waals surface area contributed by atoms with Crippen molar-refractivity contribution in [3.05, 3.63) is 11.8 Å². The van der Waals surface area contributed by atoms with Crippen LogP contribution in [0.2, 0.25) is 0 Å². The van der Waals surface area contributed by atoms with Gasteiger partial charge in [-0.25, -0.2) is 8.42 Å².